The molecule has 0 unspecified atom stereocenters. The molecule has 0 aliphatic rings. The standard InChI is InChI=1S/C8H6FN4/c1-13-11-8(10-12-13)6-4-2-3-5-7(6)9/h2-5H,1H2/q-1. The van der Waals surface area contributed by atoms with Gasteiger partial charge in [-0.25, -0.2) is 4.39 Å². The minimum atomic E-state index is -0.365. The fraction of sp³-hybridized carbons (Fsp3) is 0. The molecule has 2 rings (SSSR count). The Morgan fingerprint density at radius 3 is 2.69 bits per heavy atom. The van der Waals surface area contributed by atoms with Gasteiger partial charge in [-0.05, 0) is 12.1 Å². The molecule has 0 radical (unpaired) electrons. The highest BCUT2D eigenvalue weighted by molar-refractivity contribution is 5.54. The van der Waals surface area contributed by atoms with Crippen LogP contribution in [0.15, 0.2) is 24.3 Å². The Bertz CT molecular complexity index is 424. The van der Waals surface area contributed by atoms with Crippen LogP contribution in [0.3, 0.4) is 0 Å². The second kappa shape index (κ2) is 2.85. The van der Waals surface area contributed by atoms with Crippen LogP contribution in [0.1, 0.15) is 0 Å². The summed E-state index contributed by atoms with van der Waals surface area (Å²) in [6, 6.07) is 6.25. The number of hydrogen-bond donors (Lipinski definition) is 0. The summed E-state index contributed by atoms with van der Waals surface area (Å²) in [6.45, 7) is 0. The minimum Gasteiger partial charge on any atom is -0.301 e. The van der Waals surface area contributed by atoms with Gasteiger partial charge in [-0.3, -0.25) is 7.05 Å². The highest BCUT2D eigenvalue weighted by Gasteiger charge is 2.07. The Morgan fingerprint density at radius 2 is 2.08 bits per heavy atom. The third-order valence-electron chi connectivity index (χ3n) is 1.57. The molecular formula is C8H6FN4-. The molecule has 4 nitrogen and oxygen atoms in total. The molecule has 0 spiro atoms. The van der Waals surface area contributed by atoms with Gasteiger partial charge in [0.1, 0.15) is 5.82 Å². The van der Waals surface area contributed by atoms with Crippen LogP contribution in [-0.2, 0) is 0 Å². The lowest BCUT2D eigenvalue weighted by Gasteiger charge is -1.95. The van der Waals surface area contributed by atoms with Crippen LogP contribution in [0.4, 0.5) is 4.39 Å². The minimum absolute atomic E-state index is 0.244. The van der Waals surface area contributed by atoms with Crippen molar-refractivity contribution in [1.29, 1.82) is 0 Å². The molecular weight excluding hydrogens is 171 g/mol. The molecule has 5 heteroatoms. The van der Waals surface area contributed by atoms with E-state index in [-0.39, 0.29) is 11.6 Å². The van der Waals surface area contributed by atoms with Gasteiger partial charge in [0.15, 0.2) is 0 Å². The number of nitrogens with zero attached hydrogens (tertiary/aromatic N) is 4. The first-order chi connectivity index (χ1) is 6.27. The predicted octanol–water partition coefficient (Wildman–Crippen LogP) is 1.12. The first-order valence-corrected chi connectivity index (χ1v) is 3.63. The normalized spacial score (nSPS) is 10.2. The Balaban J connectivity index is 2.52. The zero-order chi connectivity index (χ0) is 9.26. The fourth-order valence-electron chi connectivity index (χ4n) is 0.994. The number of rotatable bonds is 1. The van der Waals surface area contributed by atoms with E-state index in [0.29, 0.717) is 5.56 Å². The van der Waals surface area contributed by atoms with Gasteiger partial charge >= 0.3 is 0 Å². The quantitative estimate of drug-likeness (QED) is 0.613. The molecule has 2 aromatic rings. The van der Waals surface area contributed by atoms with E-state index in [9.17, 15) is 4.39 Å². The molecule has 1 aromatic carbocycles. The van der Waals surface area contributed by atoms with Crippen molar-refractivity contribution in [2.45, 2.75) is 0 Å². The average Bonchev–Trinajstić information content (AvgIpc) is 2.53. The summed E-state index contributed by atoms with van der Waals surface area (Å²) >= 11 is 0. The maximum absolute atomic E-state index is 13.1. The van der Waals surface area contributed by atoms with Gasteiger partial charge in [0.05, 0.1) is 5.56 Å². The van der Waals surface area contributed by atoms with Crippen molar-refractivity contribution in [3.8, 4) is 11.4 Å². The zero-order valence-electron chi connectivity index (χ0n) is 6.68. The van der Waals surface area contributed by atoms with Crippen LogP contribution in [0.2, 0.25) is 0 Å². The fourth-order valence-corrected chi connectivity index (χ4v) is 0.994. The van der Waals surface area contributed by atoms with E-state index >= 15 is 0 Å². The molecule has 0 amide bonds. The Morgan fingerprint density at radius 1 is 1.31 bits per heavy atom. The molecule has 0 aliphatic carbocycles. The molecule has 1 heterocycles. The van der Waals surface area contributed by atoms with Gasteiger partial charge < -0.3 is 4.80 Å². The molecule has 13 heavy (non-hydrogen) atoms. The zero-order valence-corrected chi connectivity index (χ0v) is 6.68. The van der Waals surface area contributed by atoms with Crippen LogP contribution in [0, 0.1) is 12.9 Å². The smallest absolute Gasteiger partial charge is 0.204 e. The average molecular weight is 177 g/mol. The van der Waals surface area contributed by atoms with Crippen molar-refractivity contribution in [2.75, 3.05) is 0 Å². The highest BCUT2D eigenvalue weighted by atomic mass is 19.1. The van der Waals surface area contributed by atoms with Crippen molar-refractivity contribution in [3.63, 3.8) is 0 Å². The third kappa shape index (κ3) is 1.35. The van der Waals surface area contributed by atoms with Crippen molar-refractivity contribution in [3.05, 3.63) is 37.1 Å². The molecule has 0 N–H and O–H groups in total. The second-order valence-electron chi connectivity index (χ2n) is 2.47. The molecule has 0 aliphatic heterocycles. The lowest BCUT2D eigenvalue weighted by molar-refractivity contribution is 0.630. The number of aromatic nitrogens is 4. The molecule has 0 bridgehead atoms. The highest BCUT2D eigenvalue weighted by Crippen LogP contribution is 2.16. The summed E-state index contributed by atoms with van der Waals surface area (Å²) in [5, 5.41) is 10.9. The van der Waals surface area contributed by atoms with E-state index in [1.807, 2.05) is 0 Å². The summed E-state index contributed by atoms with van der Waals surface area (Å²) in [7, 11) is 3.41. The van der Waals surface area contributed by atoms with E-state index in [4.69, 9.17) is 0 Å². The molecule has 66 valence electrons. The largest absolute Gasteiger partial charge is 0.301 e. The molecule has 0 atom stereocenters. The lowest BCUT2D eigenvalue weighted by atomic mass is 10.2. The van der Waals surface area contributed by atoms with Crippen LogP contribution in [-0.4, -0.2) is 20.2 Å². The van der Waals surface area contributed by atoms with E-state index < -0.39 is 0 Å². The summed E-state index contributed by atoms with van der Waals surface area (Å²) in [4.78, 5) is 1.04. The predicted molar refractivity (Wildman–Crippen MR) is 44.0 cm³/mol. The van der Waals surface area contributed by atoms with E-state index in [1.54, 1.807) is 18.2 Å². The number of halogens is 1. The molecule has 0 fully saturated rings. The number of benzene rings is 1. The first-order valence-electron chi connectivity index (χ1n) is 3.63. The number of hydrogen-bond acceptors (Lipinski definition) is 3. The van der Waals surface area contributed by atoms with Gasteiger partial charge in [0.2, 0.25) is 5.82 Å². The van der Waals surface area contributed by atoms with E-state index in [0.717, 1.165) is 4.80 Å². The first kappa shape index (κ1) is 7.72. The van der Waals surface area contributed by atoms with Gasteiger partial charge in [-0.15, -0.1) is 5.10 Å². The van der Waals surface area contributed by atoms with Crippen LogP contribution in [0.5, 0.6) is 0 Å². The Hall–Kier alpha value is -1.91. The van der Waals surface area contributed by atoms with E-state index in [1.165, 1.54) is 6.07 Å². The van der Waals surface area contributed by atoms with Gasteiger partial charge in [0.25, 0.3) is 0 Å². The van der Waals surface area contributed by atoms with Crippen molar-refractivity contribution in [1.82, 2.24) is 20.2 Å². The van der Waals surface area contributed by atoms with Crippen LogP contribution in [0.25, 0.3) is 11.4 Å². The lowest BCUT2D eigenvalue weighted by Crippen LogP contribution is -1.90. The maximum Gasteiger partial charge on any atom is 0.204 e. The van der Waals surface area contributed by atoms with Crippen molar-refractivity contribution < 1.29 is 4.39 Å². The monoisotopic (exact) mass is 177 g/mol. The van der Waals surface area contributed by atoms with E-state index in [2.05, 4.69) is 22.5 Å². The second-order valence-corrected chi connectivity index (χ2v) is 2.47. The molecule has 0 saturated carbocycles. The topological polar surface area (TPSA) is 43.6 Å². The van der Waals surface area contributed by atoms with Crippen molar-refractivity contribution >= 4 is 0 Å². The summed E-state index contributed by atoms with van der Waals surface area (Å²) in [6.07, 6.45) is 0. The van der Waals surface area contributed by atoms with Gasteiger partial charge in [-0.1, -0.05) is 17.3 Å². The molecule has 1 aromatic heterocycles. The summed E-state index contributed by atoms with van der Waals surface area (Å²) in [5.74, 6) is -0.122. The third-order valence-corrected chi connectivity index (χ3v) is 1.57. The van der Waals surface area contributed by atoms with Gasteiger partial charge in [-0.2, -0.15) is 5.10 Å². The Kier molecular flexibility index (Phi) is 1.70. The SMILES string of the molecule is [CH2-]n1nnc(-c2ccccc2F)n1. The van der Waals surface area contributed by atoms with Crippen molar-refractivity contribution in [2.24, 2.45) is 0 Å². The van der Waals surface area contributed by atoms with Crippen LogP contribution < -0.4 is 0 Å². The Labute approximate surface area is 74.0 Å². The summed E-state index contributed by atoms with van der Waals surface area (Å²) in [5.41, 5.74) is 0.331. The maximum atomic E-state index is 13.1. The molecule has 0 saturated heterocycles. The summed E-state index contributed by atoms with van der Waals surface area (Å²) < 4.78 is 13.1. The number of tetrazole rings is 1. The van der Waals surface area contributed by atoms with Gasteiger partial charge in [0, 0.05) is 0 Å². The van der Waals surface area contributed by atoms with Crippen LogP contribution >= 0.6 is 0 Å².